The van der Waals surface area contributed by atoms with E-state index in [4.69, 9.17) is 5.11 Å². The Morgan fingerprint density at radius 3 is 2.17 bits per heavy atom. The number of hydrogen-bond donors (Lipinski definition) is 2. The number of methoxy groups -OCH3 is 2. The normalized spacial score (nSPS) is 15.4. The van der Waals surface area contributed by atoms with E-state index in [0.717, 1.165) is 26.4 Å². The van der Waals surface area contributed by atoms with Crippen molar-refractivity contribution in [2.45, 2.75) is 17.8 Å². The summed E-state index contributed by atoms with van der Waals surface area (Å²) in [6.45, 7) is -0.926. The number of aliphatic hydroxyl groups excluding tert-OH is 1. The van der Waals surface area contributed by atoms with Crippen LogP contribution in [0, 0.1) is 0 Å². The first-order chi connectivity index (χ1) is 10.7. The number of benzene rings is 1. The molecule has 1 rings (SSSR count). The van der Waals surface area contributed by atoms with Crippen molar-refractivity contribution in [3.63, 3.8) is 0 Å². The van der Waals surface area contributed by atoms with Crippen LogP contribution in [-0.2, 0) is 24.7 Å². The van der Waals surface area contributed by atoms with E-state index < -0.39 is 41.9 Å². The monoisotopic (exact) mass is 335 g/mol. The molecular weight excluding hydrogens is 319 g/mol. The van der Waals surface area contributed by atoms with Gasteiger partial charge in [0.25, 0.3) is 11.5 Å². The third kappa shape index (κ3) is 3.62. The van der Waals surface area contributed by atoms with E-state index in [1.165, 1.54) is 18.2 Å². The Balaban J connectivity index is 3.30. The van der Waals surface area contributed by atoms with Gasteiger partial charge in [0.15, 0.2) is 6.04 Å². The molecule has 0 fully saturated rings. The van der Waals surface area contributed by atoms with Crippen LogP contribution in [0.2, 0.25) is 0 Å². The number of amides is 1. The highest BCUT2D eigenvalue weighted by Gasteiger charge is 2.63. The molecule has 2 atom stereocenters. The van der Waals surface area contributed by atoms with Gasteiger partial charge >= 0.3 is 12.1 Å². The second-order valence-corrected chi connectivity index (χ2v) is 4.48. The molecule has 1 unspecified atom stereocenters. The number of nitrogens with one attached hydrogen (secondary N) is 1. The molecule has 1 amide bonds. The summed E-state index contributed by atoms with van der Waals surface area (Å²) in [5.74, 6) is -2.72. The molecule has 23 heavy (non-hydrogen) atoms. The lowest BCUT2D eigenvalue weighted by molar-refractivity contribution is -0.266. The number of aliphatic hydroxyl groups is 1. The summed E-state index contributed by atoms with van der Waals surface area (Å²) < 4.78 is 49.6. The van der Waals surface area contributed by atoms with Crippen LogP contribution in [0.1, 0.15) is 5.56 Å². The molecule has 0 aliphatic heterocycles. The van der Waals surface area contributed by atoms with Crippen LogP contribution >= 0.6 is 0 Å². The van der Waals surface area contributed by atoms with Crippen LogP contribution in [0.5, 0.6) is 0 Å². The van der Waals surface area contributed by atoms with Crippen LogP contribution in [-0.4, -0.2) is 50.0 Å². The van der Waals surface area contributed by atoms with Gasteiger partial charge in [0.05, 0.1) is 13.7 Å². The average molecular weight is 335 g/mol. The molecule has 1 aromatic carbocycles. The third-order valence-electron chi connectivity index (χ3n) is 3.18. The van der Waals surface area contributed by atoms with Crippen LogP contribution in [0.4, 0.5) is 13.2 Å². The Kier molecular flexibility index (Phi) is 6.11. The van der Waals surface area contributed by atoms with Gasteiger partial charge in [-0.2, -0.15) is 13.2 Å². The molecule has 0 saturated carbocycles. The van der Waals surface area contributed by atoms with Gasteiger partial charge in [-0.05, 0) is 0 Å². The van der Waals surface area contributed by atoms with Crippen molar-refractivity contribution < 1.29 is 37.3 Å². The molecule has 0 heterocycles. The largest absolute Gasteiger partial charge is 0.467 e. The summed E-state index contributed by atoms with van der Waals surface area (Å²) in [7, 11) is 1.70. The summed E-state index contributed by atoms with van der Waals surface area (Å²) in [4.78, 5) is 23.6. The number of esters is 1. The first kappa shape index (κ1) is 18.9. The van der Waals surface area contributed by atoms with Gasteiger partial charge < -0.3 is 19.9 Å². The highest BCUT2D eigenvalue weighted by Crippen LogP contribution is 2.42. The smallest absolute Gasteiger partial charge is 0.430 e. The Hall–Kier alpha value is -2.13. The van der Waals surface area contributed by atoms with E-state index in [-0.39, 0.29) is 0 Å². The van der Waals surface area contributed by atoms with E-state index in [0.29, 0.717) is 0 Å². The van der Waals surface area contributed by atoms with E-state index in [2.05, 4.69) is 9.47 Å². The second-order valence-electron chi connectivity index (χ2n) is 4.48. The molecule has 9 heteroatoms. The van der Waals surface area contributed by atoms with E-state index >= 15 is 0 Å². The van der Waals surface area contributed by atoms with Gasteiger partial charge in [0.1, 0.15) is 0 Å². The third-order valence-corrected chi connectivity index (χ3v) is 3.18. The van der Waals surface area contributed by atoms with Gasteiger partial charge in [-0.3, -0.25) is 4.79 Å². The van der Waals surface area contributed by atoms with Gasteiger partial charge in [0, 0.05) is 12.7 Å². The van der Waals surface area contributed by atoms with Crippen molar-refractivity contribution in [3.05, 3.63) is 35.9 Å². The zero-order valence-corrected chi connectivity index (χ0v) is 12.4. The average Bonchev–Trinajstić information content (AvgIpc) is 2.52. The fourth-order valence-electron chi connectivity index (χ4n) is 2.00. The van der Waals surface area contributed by atoms with E-state index in [9.17, 15) is 22.8 Å². The number of carbonyl (C=O) groups excluding carboxylic acids is 2. The zero-order chi connectivity index (χ0) is 17.7. The SMILES string of the molecule is COC(=O)[C@H](CO)NC(=O)C(OC)(c1ccccc1)C(F)(F)F. The Bertz CT molecular complexity index is 549. The predicted octanol–water partition coefficient (Wildman–Crippen LogP) is 0.741. The van der Waals surface area contributed by atoms with E-state index in [1.54, 1.807) is 5.32 Å². The molecule has 0 aliphatic carbocycles. The number of ether oxygens (including phenoxy) is 2. The number of halogens is 3. The highest BCUT2D eigenvalue weighted by atomic mass is 19.4. The maximum absolute atomic E-state index is 13.6. The summed E-state index contributed by atoms with van der Waals surface area (Å²) in [6, 6.07) is 4.60. The second kappa shape index (κ2) is 7.42. The summed E-state index contributed by atoms with van der Waals surface area (Å²) in [6.07, 6.45) is -5.11. The summed E-state index contributed by atoms with van der Waals surface area (Å²) >= 11 is 0. The lowest BCUT2D eigenvalue weighted by atomic mass is 9.91. The van der Waals surface area contributed by atoms with Crippen molar-refractivity contribution in [2.24, 2.45) is 0 Å². The van der Waals surface area contributed by atoms with Gasteiger partial charge in [-0.25, -0.2) is 4.79 Å². The standard InChI is InChI=1S/C14H16F3NO5/c1-22-11(20)10(8-19)18-12(21)13(23-2,14(15,16)17)9-6-4-3-5-7-9/h3-7,10,19H,8H2,1-2H3,(H,18,21)/t10-,13?/m0/s1. The minimum Gasteiger partial charge on any atom is -0.467 e. The van der Waals surface area contributed by atoms with Crippen LogP contribution in [0.15, 0.2) is 30.3 Å². The maximum Gasteiger partial charge on any atom is 0.430 e. The predicted molar refractivity (Wildman–Crippen MR) is 72.2 cm³/mol. The molecule has 0 saturated heterocycles. The number of carbonyl (C=O) groups is 2. The minimum atomic E-state index is -5.11. The highest BCUT2D eigenvalue weighted by molar-refractivity contribution is 5.91. The fourth-order valence-corrected chi connectivity index (χ4v) is 2.00. The maximum atomic E-state index is 13.6. The molecule has 1 aromatic rings. The van der Waals surface area contributed by atoms with Gasteiger partial charge in [0.2, 0.25) is 0 Å². The first-order valence-electron chi connectivity index (χ1n) is 6.41. The topological polar surface area (TPSA) is 84.9 Å². The molecule has 0 spiro atoms. The molecule has 0 radical (unpaired) electrons. The molecule has 0 bridgehead atoms. The van der Waals surface area contributed by atoms with Crippen molar-refractivity contribution in [1.29, 1.82) is 0 Å². The van der Waals surface area contributed by atoms with Crippen molar-refractivity contribution in [3.8, 4) is 0 Å². The van der Waals surface area contributed by atoms with Crippen molar-refractivity contribution >= 4 is 11.9 Å². The van der Waals surface area contributed by atoms with Crippen molar-refractivity contribution in [2.75, 3.05) is 20.8 Å². The molecular formula is C14H16F3NO5. The first-order valence-corrected chi connectivity index (χ1v) is 6.41. The lowest BCUT2D eigenvalue weighted by Crippen LogP contribution is -2.59. The Morgan fingerprint density at radius 1 is 1.22 bits per heavy atom. The summed E-state index contributed by atoms with van der Waals surface area (Å²) in [5, 5.41) is 10.9. The molecule has 2 N–H and O–H groups in total. The Labute approximate surface area is 130 Å². The van der Waals surface area contributed by atoms with Crippen LogP contribution < -0.4 is 5.32 Å². The van der Waals surface area contributed by atoms with Gasteiger partial charge in [-0.1, -0.05) is 30.3 Å². The number of rotatable bonds is 6. The van der Waals surface area contributed by atoms with E-state index in [1.807, 2.05) is 0 Å². The quantitative estimate of drug-likeness (QED) is 0.749. The van der Waals surface area contributed by atoms with Gasteiger partial charge in [-0.15, -0.1) is 0 Å². The molecule has 0 aliphatic rings. The van der Waals surface area contributed by atoms with Crippen LogP contribution in [0.3, 0.4) is 0 Å². The lowest BCUT2D eigenvalue weighted by Gasteiger charge is -2.34. The molecule has 6 nitrogen and oxygen atoms in total. The van der Waals surface area contributed by atoms with Crippen LogP contribution in [0.25, 0.3) is 0 Å². The van der Waals surface area contributed by atoms with Crippen molar-refractivity contribution in [1.82, 2.24) is 5.32 Å². The zero-order valence-electron chi connectivity index (χ0n) is 12.4. The minimum absolute atomic E-state index is 0.464. The molecule has 128 valence electrons. The molecule has 0 aromatic heterocycles. The summed E-state index contributed by atoms with van der Waals surface area (Å²) in [5.41, 5.74) is -3.79. The number of hydrogen-bond acceptors (Lipinski definition) is 5. The fraction of sp³-hybridized carbons (Fsp3) is 0.429. The number of alkyl halides is 3. The Morgan fingerprint density at radius 2 is 1.78 bits per heavy atom.